The van der Waals surface area contributed by atoms with Crippen LogP contribution in [0.15, 0.2) is 0 Å². The minimum absolute atomic E-state index is 0.0534. The molecule has 0 fully saturated rings. The van der Waals surface area contributed by atoms with Gasteiger partial charge in [-0.15, -0.1) is 11.6 Å². The fourth-order valence-electron chi connectivity index (χ4n) is 0.435. The van der Waals surface area contributed by atoms with Crippen molar-refractivity contribution in [1.82, 2.24) is 9.88 Å². The number of rotatable bonds is 2. The van der Waals surface area contributed by atoms with E-state index in [1.165, 1.54) is 4.90 Å². The molecule has 0 unspecified atom stereocenters. The molecule has 0 heterocycles. The number of urea groups is 1. The Kier molecular flexibility index (Phi) is 3.89. The molecule has 2 amide bonds. The van der Waals surface area contributed by atoms with Crippen LogP contribution >= 0.6 is 11.6 Å². The van der Waals surface area contributed by atoms with Gasteiger partial charge in [0, 0.05) is 19.6 Å². The minimum atomic E-state index is -1.68. The third-order valence-electron chi connectivity index (χ3n) is 1.19. The fourth-order valence-corrected chi connectivity index (χ4v) is 1.50. The van der Waals surface area contributed by atoms with E-state index < -0.39 is 8.24 Å². The van der Waals surface area contributed by atoms with Gasteiger partial charge in [0.05, 0.1) is 0 Å². The second-order valence-corrected chi connectivity index (χ2v) is 8.43. The first-order chi connectivity index (χ1) is 4.89. The zero-order valence-corrected chi connectivity index (χ0v) is 9.20. The number of hydrogen-bond donors (Lipinski definition) is 1. The zero-order valence-electron chi connectivity index (χ0n) is 7.44. The Morgan fingerprint density at radius 1 is 1.55 bits per heavy atom. The monoisotopic (exact) mass is 194 g/mol. The highest BCUT2D eigenvalue weighted by Gasteiger charge is 2.22. The van der Waals surface area contributed by atoms with Crippen molar-refractivity contribution in [3.05, 3.63) is 0 Å². The molecule has 5 heteroatoms. The first-order valence-electron chi connectivity index (χ1n) is 3.44. The van der Waals surface area contributed by atoms with Crippen LogP contribution < -0.4 is 4.98 Å². The number of carbonyl (C=O) groups excluding carboxylic acids is 1. The van der Waals surface area contributed by atoms with E-state index in [9.17, 15) is 4.79 Å². The van der Waals surface area contributed by atoms with E-state index in [0.717, 1.165) is 0 Å². The lowest BCUT2D eigenvalue weighted by Gasteiger charge is -2.23. The SMILES string of the molecule is CN(C)C(=O)N[Si](C)(C)CCl. The van der Waals surface area contributed by atoms with E-state index in [-0.39, 0.29) is 6.03 Å². The first-order valence-corrected chi connectivity index (χ1v) is 7.18. The van der Waals surface area contributed by atoms with Crippen LogP contribution in [0.4, 0.5) is 4.79 Å². The van der Waals surface area contributed by atoms with Crippen LogP contribution in [0.5, 0.6) is 0 Å². The number of hydrogen-bond acceptors (Lipinski definition) is 1. The zero-order chi connectivity index (χ0) is 9.07. The summed E-state index contributed by atoms with van der Waals surface area (Å²) in [5.41, 5.74) is 0.548. The highest BCUT2D eigenvalue weighted by Crippen LogP contribution is 1.99. The highest BCUT2D eigenvalue weighted by molar-refractivity contribution is 6.82. The normalized spacial score (nSPS) is 11.0. The van der Waals surface area contributed by atoms with Gasteiger partial charge in [-0.2, -0.15) is 0 Å². The van der Waals surface area contributed by atoms with Crippen LogP contribution in [-0.2, 0) is 0 Å². The molecule has 11 heavy (non-hydrogen) atoms. The number of halogens is 1. The molecule has 0 aliphatic heterocycles. The number of nitrogens with zero attached hydrogens (tertiary/aromatic N) is 1. The summed E-state index contributed by atoms with van der Waals surface area (Å²) in [7, 11) is 1.75. The van der Waals surface area contributed by atoms with Crippen molar-refractivity contribution in [3.63, 3.8) is 0 Å². The average molecular weight is 195 g/mol. The van der Waals surface area contributed by atoms with Crippen molar-refractivity contribution < 1.29 is 4.79 Å². The summed E-state index contributed by atoms with van der Waals surface area (Å²) in [6.45, 7) is 4.03. The summed E-state index contributed by atoms with van der Waals surface area (Å²) in [6, 6.07) is -0.0534. The van der Waals surface area contributed by atoms with E-state index in [4.69, 9.17) is 11.6 Å². The molecular weight excluding hydrogens is 180 g/mol. The molecule has 1 N–H and O–H groups in total. The van der Waals surface area contributed by atoms with Gasteiger partial charge in [-0.25, -0.2) is 4.79 Å². The summed E-state index contributed by atoms with van der Waals surface area (Å²) in [6.07, 6.45) is 0. The van der Waals surface area contributed by atoms with Crippen molar-refractivity contribution >= 4 is 25.9 Å². The topological polar surface area (TPSA) is 32.3 Å². The number of carbonyl (C=O) groups is 1. The van der Waals surface area contributed by atoms with E-state index in [1.807, 2.05) is 13.1 Å². The standard InChI is InChI=1S/C6H15ClN2OSi/c1-9(2)6(10)8-11(3,4)5-7/h5H2,1-4H3,(H,8,10). The van der Waals surface area contributed by atoms with Gasteiger partial charge in [-0.05, 0) is 0 Å². The second kappa shape index (κ2) is 3.97. The molecule has 0 rings (SSSR count). The summed E-state index contributed by atoms with van der Waals surface area (Å²) >= 11 is 5.67. The third-order valence-corrected chi connectivity index (χ3v) is 4.75. The second-order valence-electron chi connectivity index (χ2n) is 3.34. The maximum absolute atomic E-state index is 11.1. The van der Waals surface area contributed by atoms with Gasteiger partial charge < -0.3 is 9.88 Å². The largest absolute Gasteiger partial charge is 0.363 e. The quantitative estimate of drug-likeness (QED) is 0.521. The molecule has 0 aromatic rings. The van der Waals surface area contributed by atoms with Crippen LogP contribution in [0.1, 0.15) is 0 Å². The van der Waals surface area contributed by atoms with Gasteiger partial charge in [0.1, 0.15) is 0 Å². The number of amides is 2. The lowest BCUT2D eigenvalue weighted by Crippen LogP contribution is -2.53. The molecule has 66 valence electrons. The predicted octanol–water partition coefficient (Wildman–Crippen LogP) is 1.24. The van der Waals surface area contributed by atoms with Gasteiger partial charge in [-0.1, -0.05) is 13.1 Å². The van der Waals surface area contributed by atoms with Crippen molar-refractivity contribution in [2.45, 2.75) is 13.1 Å². The number of nitrogens with one attached hydrogen (secondary N) is 1. The molecule has 0 aromatic carbocycles. The predicted molar refractivity (Wildman–Crippen MR) is 50.4 cm³/mol. The molecule has 3 nitrogen and oxygen atoms in total. The van der Waals surface area contributed by atoms with E-state index in [2.05, 4.69) is 4.98 Å². The van der Waals surface area contributed by atoms with Crippen LogP contribution in [0.3, 0.4) is 0 Å². The summed E-state index contributed by atoms with van der Waals surface area (Å²) in [5.74, 6) is 0. The molecule has 0 bridgehead atoms. The Bertz CT molecular complexity index is 150. The molecule has 0 atom stereocenters. The molecule has 0 radical (unpaired) electrons. The highest BCUT2D eigenvalue weighted by atomic mass is 35.5. The van der Waals surface area contributed by atoms with Gasteiger partial charge in [0.2, 0.25) is 0 Å². The Labute approximate surface area is 73.8 Å². The molecule has 0 aliphatic carbocycles. The summed E-state index contributed by atoms with van der Waals surface area (Å²) in [4.78, 5) is 15.5. The molecule has 0 spiro atoms. The molecular formula is C6H15ClN2OSi. The van der Waals surface area contributed by atoms with Crippen LogP contribution in [0.25, 0.3) is 0 Å². The van der Waals surface area contributed by atoms with Gasteiger partial charge in [-0.3, -0.25) is 0 Å². The Balaban J connectivity index is 3.94. The van der Waals surface area contributed by atoms with Crippen molar-refractivity contribution in [2.24, 2.45) is 0 Å². The average Bonchev–Trinajstić information content (AvgIpc) is 1.87. The maximum atomic E-state index is 11.1. The van der Waals surface area contributed by atoms with Crippen molar-refractivity contribution in [2.75, 3.05) is 19.6 Å². The Hall–Kier alpha value is -0.223. The van der Waals surface area contributed by atoms with Gasteiger partial charge in [0.15, 0.2) is 8.24 Å². The Morgan fingerprint density at radius 3 is 2.27 bits per heavy atom. The Morgan fingerprint density at radius 2 is 2.00 bits per heavy atom. The van der Waals surface area contributed by atoms with E-state index in [0.29, 0.717) is 5.50 Å². The molecule has 0 saturated carbocycles. The summed E-state index contributed by atoms with van der Waals surface area (Å²) in [5, 5.41) is 0. The van der Waals surface area contributed by atoms with Crippen LogP contribution in [0, 0.1) is 0 Å². The lowest BCUT2D eigenvalue weighted by atomic mass is 10.9. The lowest BCUT2D eigenvalue weighted by molar-refractivity contribution is 0.222. The smallest absolute Gasteiger partial charge is 0.308 e. The van der Waals surface area contributed by atoms with Gasteiger partial charge >= 0.3 is 6.03 Å². The minimum Gasteiger partial charge on any atom is -0.363 e. The number of alkyl halides is 1. The summed E-state index contributed by atoms with van der Waals surface area (Å²) < 4.78 is 0. The molecule has 0 saturated heterocycles. The van der Waals surface area contributed by atoms with Crippen LogP contribution in [-0.4, -0.2) is 38.8 Å². The third kappa shape index (κ3) is 4.26. The molecule has 0 aliphatic rings. The maximum Gasteiger partial charge on any atom is 0.308 e. The van der Waals surface area contributed by atoms with Crippen LogP contribution in [0.2, 0.25) is 13.1 Å². The van der Waals surface area contributed by atoms with Crippen molar-refractivity contribution in [1.29, 1.82) is 0 Å². The molecule has 0 aromatic heterocycles. The first kappa shape index (κ1) is 10.8. The van der Waals surface area contributed by atoms with Gasteiger partial charge in [0.25, 0.3) is 0 Å². The fraction of sp³-hybridized carbons (Fsp3) is 0.833. The van der Waals surface area contributed by atoms with Crippen molar-refractivity contribution in [3.8, 4) is 0 Å². The van der Waals surface area contributed by atoms with E-state index >= 15 is 0 Å². The van der Waals surface area contributed by atoms with E-state index in [1.54, 1.807) is 14.1 Å².